The van der Waals surface area contributed by atoms with Gasteiger partial charge in [-0.2, -0.15) is 0 Å². The van der Waals surface area contributed by atoms with Crippen molar-refractivity contribution in [2.75, 3.05) is 14.2 Å². The molecule has 5 heteroatoms. The SMILES string of the molecule is COc1ccc(C)cc1CN(C)C(=O)C(C)C(C)C(=O)O. The summed E-state index contributed by atoms with van der Waals surface area (Å²) in [4.78, 5) is 24.8. The highest BCUT2D eigenvalue weighted by Gasteiger charge is 2.28. The van der Waals surface area contributed by atoms with Gasteiger partial charge in [0.25, 0.3) is 0 Å². The van der Waals surface area contributed by atoms with Crippen LogP contribution in [0.25, 0.3) is 0 Å². The molecule has 0 heterocycles. The number of nitrogens with zero attached hydrogens (tertiary/aromatic N) is 1. The maximum Gasteiger partial charge on any atom is 0.307 e. The highest BCUT2D eigenvalue weighted by atomic mass is 16.5. The maximum absolute atomic E-state index is 12.3. The van der Waals surface area contributed by atoms with Gasteiger partial charge in [0.1, 0.15) is 5.75 Å². The van der Waals surface area contributed by atoms with Crippen LogP contribution in [-0.2, 0) is 16.1 Å². The molecule has 0 aliphatic heterocycles. The first-order valence-corrected chi connectivity index (χ1v) is 6.89. The lowest BCUT2D eigenvalue weighted by Crippen LogP contribution is -2.36. The molecule has 5 nitrogen and oxygen atoms in total. The van der Waals surface area contributed by atoms with E-state index in [9.17, 15) is 9.59 Å². The van der Waals surface area contributed by atoms with E-state index >= 15 is 0 Å². The summed E-state index contributed by atoms with van der Waals surface area (Å²) in [6.45, 7) is 5.55. The van der Waals surface area contributed by atoms with Crippen LogP contribution < -0.4 is 4.74 Å². The molecule has 0 aliphatic rings. The summed E-state index contributed by atoms with van der Waals surface area (Å²) in [6.07, 6.45) is 0. The number of carbonyl (C=O) groups is 2. The Labute approximate surface area is 125 Å². The summed E-state index contributed by atoms with van der Waals surface area (Å²) >= 11 is 0. The van der Waals surface area contributed by atoms with Crippen LogP contribution in [0.5, 0.6) is 5.75 Å². The van der Waals surface area contributed by atoms with E-state index in [1.54, 1.807) is 32.9 Å². The lowest BCUT2D eigenvalue weighted by Gasteiger charge is -2.24. The smallest absolute Gasteiger partial charge is 0.307 e. The van der Waals surface area contributed by atoms with Gasteiger partial charge in [-0.15, -0.1) is 0 Å². The van der Waals surface area contributed by atoms with Crippen LogP contribution in [0, 0.1) is 18.8 Å². The number of benzene rings is 1. The second-order valence-electron chi connectivity index (χ2n) is 5.43. The number of hydrogen-bond donors (Lipinski definition) is 1. The molecule has 0 aromatic heterocycles. The first-order valence-electron chi connectivity index (χ1n) is 6.89. The Morgan fingerprint density at radius 2 is 1.90 bits per heavy atom. The second kappa shape index (κ2) is 7.11. The van der Waals surface area contributed by atoms with Crippen molar-refractivity contribution < 1.29 is 19.4 Å². The first kappa shape index (κ1) is 17.0. The van der Waals surface area contributed by atoms with Gasteiger partial charge in [0, 0.05) is 25.1 Å². The van der Waals surface area contributed by atoms with E-state index in [1.807, 2.05) is 25.1 Å². The average Bonchev–Trinajstić information content (AvgIpc) is 2.44. The molecule has 21 heavy (non-hydrogen) atoms. The van der Waals surface area contributed by atoms with E-state index in [-0.39, 0.29) is 5.91 Å². The molecule has 0 saturated carbocycles. The van der Waals surface area contributed by atoms with Crippen LogP contribution in [0.1, 0.15) is 25.0 Å². The largest absolute Gasteiger partial charge is 0.496 e. The van der Waals surface area contributed by atoms with E-state index < -0.39 is 17.8 Å². The van der Waals surface area contributed by atoms with Crippen molar-refractivity contribution in [1.82, 2.24) is 4.90 Å². The fourth-order valence-corrected chi connectivity index (χ4v) is 2.14. The quantitative estimate of drug-likeness (QED) is 0.874. The predicted octanol–water partition coefficient (Wildman–Crippen LogP) is 2.32. The summed E-state index contributed by atoms with van der Waals surface area (Å²) in [5.41, 5.74) is 1.99. The number of amides is 1. The normalized spacial score (nSPS) is 13.4. The Morgan fingerprint density at radius 3 is 2.43 bits per heavy atom. The molecule has 1 N–H and O–H groups in total. The number of carboxylic acid groups (broad SMARTS) is 1. The van der Waals surface area contributed by atoms with Crippen LogP contribution in [0.3, 0.4) is 0 Å². The lowest BCUT2D eigenvalue weighted by atomic mass is 9.94. The van der Waals surface area contributed by atoms with Gasteiger partial charge in [0.05, 0.1) is 13.0 Å². The summed E-state index contributed by atoms with van der Waals surface area (Å²) in [7, 11) is 3.26. The van der Waals surface area contributed by atoms with Gasteiger partial charge >= 0.3 is 5.97 Å². The molecule has 1 aromatic rings. The van der Waals surface area contributed by atoms with Crippen LogP contribution in [-0.4, -0.2) is 36.0 Å². The summed E-state index contributed by atoms with van der Waals surface area (Å²) in [5.74, 6) is -1.70. The Kier molecular flexibility index (Phi) is 5.76. The second-order valence-corrected chi connectivity index (χ2v) is 5.43. The zero-order valence-corrected chi connectivity index (χ0v) is 13.2. The van der Waals surface area contributed by atoms with Gasteiger partial charge in [-0.1, -0.05) is 31.5 Å². The standard InChI is InChI=1S/C16H23NO4/c1-10-6-7-14(21-5)13(8-10)9-17(4)15(18)11(2)12(3)16(19)20/h6-8,11-12H,9H2,1-5H3,(H,19,20). The molecule has 2 unspecified atom stereocenters. The Balaban J connectivity index is 2.85. The number of aliphatic carboxylic acids is 1. The van der Waals surface area contributed by atoms with Crippen molar-refractivity contribution in [2.24, 2.45) is 11.8 Å². The Bertz CT molecular complexity index is 527. The van der Waals surface area contributed by atoms with E-state index in [2.05, 4.69) is 0 Å². The van der Waals surface area contributed by atoms with Crippen LogP contribution in [0.2, 0.25) is 0 Å². The van der Waals surface area contributed by atoms with Gasteiger partial charge in [0.2, 0.25) is 5.91 Å². The third-order valence-electron chi connectivity index (χ3n) is 3.75. The molecule has 0 saturated heterocycles. The summed E-state index contributed by atoms with van der Waals surface area (Å²) in [6, 6.07) is 5.78. The zero-order valence-electron chi connectivity index (χ0n) is 13.2. The number of ether oxygens (including phenoxy) is 1. The number of aryl methyl sites for hydroxylation is 1. The van der Waals surface area contributed by atoms with Gasteiger partial charge in [-0.3, -0.25) is 9.59 Å². The summed E-state index contributed by atoms with van der Waals surface area (Å²) in [5, 5.41) is 9.00. The van der Waals surface area contributed by atoms with Gasteiger partial charge in [0.15, 0.2) is 0 Å². The zero-order chi connectivity index (χ0) is 16.2. The minimum absolute atomic E-state index is 0.187. The number of carboxylic acids is 1. The monoisotopic (exact) mass is 293 g/mol. The molecular weight excluding hydrogens is 270 g/mol. The fourth-order valence-electron chi connectivity index (χ4n) is 2.14. The van der Waals surface area contributed by atoms with Crippen LogP contribution >= 0.6 is 0 Å². The third-order valence-corrected chi connectivity index (χ3v) is 3.75. The third kappa shape index (κ3) is 4.21. The maximum atomic E-state index is 12.3. The molecular formula is C16H23NO4. The molecule has 0 fully saturated rings. The molecule has 116 valence electrons. The number of carbonyl (C=O) groups excluding carboxylic acids is 1. The average molecular weight is 293 g/mol. The molecule has 0 aliphatic carbocycles. The minimum atomic E-state index is -0.961. The highest BCUT2D eigenvalue weighted by Crippen LogP contribution is 2.22. The fraction of sp³-hybridized carbons (Fsp3) is 0.500. The topological polar surface area (TPSA) is 66.8 Å². The van der Waals surface area contributed by atoms with E-state index in [4.69, 9.17) is 9.84 Å². The predicted molar refractivity (Wildman–Crippen MR) is 80.2 cm³/mol. The van der Waals surface area contributed by atoms with Crippen molar-refractivity contribution in [2.45, 2.75) is 27.3 Å². The van der Waals surface area contributed by atoms with Crippen molar-refractivity contribution >= 4 is 11.9 Å². The number of methoxy groups -OCH3 is 1. The van der Waals surface area contributed by atoms with E-state index in [0.29, 0.717) is 6.54 Å². The molecule has 0 radical (unpaired) electrons. The van der Waals surface area contributed by atoms with Crippen LogP contribution in [0.4, 0.5) is 0 Å². The van der Waals surface area contributed by atoms with Crippen molar-refractivity contribution in [3.05, 3.63) is 29.3 Å². The highest BCUT2D eigenvalue weighted by molar-refractivity contribution is 5.84. The first-order chi connectivity index (χ1) is 9.77. The molecule has 2 atom stereocenters. The molecule has 1 aromatic carbocycles. The van der Waals surface area contributed by atoms with E-state index in [1.165, 1.54) is 0 Å². The van der Waals surface area contributed by atoms with Crippen molar-refractivity contribution in [3.8, 4) is 5.75 Å². The van der Waals surface area contributed by atoms with Gasteiger partial charge in [-0.25, -0.2) is 0 Å². The van der Waals surface area contributed by atoms with E-state index in [0.717, 1.165) is 16.9 Å². The molecule has 1 rings (SSSR count). The van der Waals surface area contributed by atoms with Crippen LogP contribution in [0.15, 0.2) is 18.2 Å². The minimum Gasteiger partial charge on any atom is -0.496 e. The Hall–Kier alpha value is -2.04. The van der Waals surface area contributed by atoms with Gasteiger partial charge < -0.3 is 14.7 Å². The summed E-state index contributed by atoms with van der Waals surface area (Å²) < 4.78 is 5.30. The molecule has 1 amide bonds. The molecule has 0 bridgehead atoms. The number of rotatable bonds is 6. The van der Waals surface area contributed by atoms with Crippen molar-refractivity contribution in [3.63, 3.8) is 0 Å². The molecule has 0 spiro atoms. The Morgan fingerprint density at radius 1 is 1.29 bits per heavy atom. The van der Waals surface area contributed by atoms with Gasteiger partial charge in [-0.05, 0) is 13.0 Å². The lowest BCUT2D eigenvalue weighted by molar-refractivity contribution is -0.148. The van der Waals surface area contributed by atoms with Crippen molar-refractivity contribution in [1.29, 1.82) is 0 Å². The number of hydrogen-bond acceptors (Lipinski definition) is 3.